The summed E-state index contributed by atoms with van der Waals surface area (Å²) in [6.45, 7) is 1.87. The van der Waals surface area contributed by atoms with Gasteiger partial charge in [0.15, 0.2) is 0 Å². The van der Waals surface area contributed by atoms with E-state index in [-0.39, 0.29) is 16.5 Å². The number of nitrogens with zero attached hydrogens (tertiary/aromatic N) is 1. The van der Waals surface area contributed by atoms with E-state index in [1.807, 2.05) is 0 Å². The van der Waals surface area contributed by atoms with Crippen LogP contribution in [0.2, 0.25) is 5.02 Å². The summed E-state index contributed by atoms with van der Waals surface area (Å²) in [7, 11) is -1.01. The molecule has 0 saturated heterocycles. The molecular weight excluding hydrogens is 392 g/mol. The summed E-state index contributed by atoms with van der Waals surface area (Å²) in [5, 5.41) is 2.83. The highest BCUT2D eigenvalue weighted by Crippen LogP contribution is 2.28. The average molecular weight is 413 g/mol. The molecule has 0 aliphatic heterocycles. The van der Waals surface area contributed by atoms with Crippen LogP contribution in [0, 0.1) is 0 Å². The number of rotatable bonds is 8. The predicted molar refractivity (Wildman–Crippen MR) is 104 cm³/mol. The Hall–Kier alpha value is -2.29. The molecule has 0 atom stereocenters. The normalized spacial score (nSPS) is 11.3. The minimum Gasteiger partial charge on any atom is -0.497 e. The molecule has 2 aromatic carbocycles. The van der Waals surface area contributed by atoms with E-state index >= 15 is 0 Å². The lowest BCUT2D eigenvalue weighted by Gasteiger charge is -2.17. The number of halogens is 1. The van der Waals surface area contributed by atoms with Crippen molar-refractivity contribution in [3.63, 3.8) is 0 Å². The molecule has 0 saturated carbocycles. The Labute approximate surface area is 163 Å². The quantitative estimate of drug-likeness (QED) is 0.720. The maximum atomic E-state index is 12.7. The lowest BCUT2D eigenvalue weighted by atomic mass is 10.3. The van der Waals surface area contributed by atoms with Crippen molar-refractivity contribution in [1.29, 1.82) is 0 Å². The molecule has 0 spiro atoms. The van der Waals surface area contributed by atoms with Crippen LogP contribution in [0.4, 0.5) is 5.69 Å². The number of anilines is 1. The molecule has 1 amide bonds. The molecule has 0 bridgehead atoms. The van der Waals surface area contributed by atoms with Crippen molar-refractivity contribution in [2.24, 2.45) is 0 Å². The summed E-state index contributed by atoms with van der Waals surface area (Å²) in [6, 6.07) is 10.9. The van der Waals surface area contributed by atoms with E-state index in [4.69, 9.17) is 21.1 Å². The van der Waals surface area contributed by atoms with E-state index in [1.165, 1.54) is 25.2 Å². The van der Waals surface area contributed by atoms with Crippen LogP contribution in [0.1, 0.15) is 6.92 Å². The summed E-state index contributed by atoms with van der Waals surface area (Å²) >= 11 is 6.06. The van der Waals surface area contributed by atoms with Crippen LogP contribution in [0.5, 0.6) is 11.5 Å². The van der Waals surface area contributed by atoms with E-state index in [0.717, 1.165) is 4.31 Å². The minimum atomic E-state index is -3.88. The highest BCUT2D eigenvalue weighted by Gasteiger charge is 2.24. The smallest absolute Gasteiger partial charge is 0.243 e. The molecule has 7 nitrogen and oxygen atoms in total. The number of sulfonamides is 1. The van der Waals surface area contributed by atoms with Crippen molar-refractivity contribution in [3.05, 3.63) is 47.5 Å². The van der Waals surface area contributed by atoms with Crippen LogP contribution in [0.25, 0.3) is 0 Å². The molecule has 0 aromatic heterocycles. The van der Waals surface area contributed by atoms with E-state index in [0.29, 0.717) is 23.8 Å². The summed E-state index contributed by atoms with van der Waals surface area (Å²) in [5.41, 5.74) is 0.538. The Morgan fingerprint density at radius 3 is 2.41 bits per heavy atom. The summed E-state index contributed by atoms with van der Waals surface area (Å²) in [4.78, 5) is 12.1. The third-order valence-electron chi connectivity index (χ3n) is 3.65. The average Bonchev–Trinajstić information content (AvgIpc) is 2.64. The molecule has 2 aromatic rings. The number of hydrogen-bond acceptors (Lipinski definition) is 5. The number of amides is 1. The highest BCUT2D eigenvalue weighted by molar-refractivity contribution is 7.89. The molecule has 9 heteroatoms. The van der Waals surface area contributed by atoms with Crippen LogP contribution in [0.3, 0.4) is 0 Å². The van der Waals surface area contributed by atoms with Gasteiger partial charge in [0.05, 0.1) is 30.2 Å². The highest BCUT2D eigenvalue weighted by atomic mass is 35.5. The van der Waals surface area contributed by atoms with Crippen LogP contribution >= 0.6 is 11.6 Å². The first-order valence-corrected chi connectivity index (χ1v) is 9.92. The Balaban J connectivity index is 2.07. The monoisotopic (exact) mass is 412 g/mol. The Morgan fingerprint density at radius 1 is 1.19 bits per heavy atom. The van der Waals surface area contributed by atoms with Crippen molar-refractivity contribution in [2.45, 2.75) is 11.8 Å². The third-order valence-corrected chi connectivity index (χ3v) is 5.75. The van der Waals surface area contributed by atoms with Crippen LogP contribution in [-0.2, 0) is 14.8 Å². The van der Waals surface area contributed by atoms with Gasteiger partial charge in [0.1, 0.15) is 11.5 Å². The Kier molecular flexibility index (Phi) is 7.06. The molecule has 2 rings (SSSR count). The Morgan fingerprint density at radius 2 is 1.85 bits per heavy atom. The predicted octanol–water partition coefficient (Wildman–Crippen LogP) is 3.01. The number of benzene rings is 2. The van der Waals surface area contributed by atoms with E-state index in [9.17, 15) is 13.2 Å². The fourth-order valence-electron chi connectivity index (χ4n) is 2.26. The van der Waals surface area contributed by atoms with E-state index in [2.05, 4.69) is 5.32 Å². The molecule has 0 radical (unpaired) electrons. The maximum absolute atomic E-state index is 12.7. The SMILES string of the molecule is CCOc1ccc(S(=O)(=O)N(C)CC(=O)Nc2ccc(OC)cc2)cc1Cl. The van der Waals surface area contributed by atoms with Crippen LogP contribution < -0.4 is 14.8 Å². The van der Waals surface area contributed by atoms with Gasteiger partial charge in [0, 0.05) is 12.7 Å². The standard InChI is InChI=1S/C18H21ClN2O5S/c1-4-26-17-10-9-15(11-16(17)19)27(23,24)21(2)12-18(22)20-13-5-7-14(25-3)8-6-13/h5-11H,4,12H2,1-3H3,(H,20,22). The number of carbonyl (C=O) groups is 1. The fraction of sp³-hybridized carbons (Fsp3) is 0.278. The van der Waals surface area contributed by atoms with Gasteiger partial charge in [-0.15, -0.1) is 0 Å². The molecule has 0 fully saturated rings. The van der Waals surface area contributed by atoms with E-state index < -0.39 is 15.9 Å². The largest absolute Gasteiger partial charge is 0.497 e. The second-order valence-electron chi connectivity index (χ2n) is 5.56. The van der Waals surface area contributed by atoms with Crippen molar-refractivity contribution in [3.8, 4) is 11.5 Å². The first kappa shape index (κ1) is 21.0. The molecule has 0 aliphatic carbocycles. The molecule has 27 heavy (non-hydrogen) atoms. The number of ether oxygens (including phenoxy) is 2. The molecule has 0 heterocycles. The van der Waals surface area contributed by atoms with Gasteiger partial charge in [0.2, 0.25) is 15.9 Å². The molecular formula is C18H21ClN2O5S. The van der Waals surface area contributed by atoms with Crippen LogP contribution in [0.15, 0.2) is 47.4 Å². The van der Waals surface area contributed by atoms with Gasteiger partial charge in [-0.3, -0.25) is 4.79 Å². The maximum Gasteiger partial charge on any atom is 0.243 e. The van der Waals surface area contributed by atoms with Gasteiger partial charge in [-0.2, -0.15) is 4.31 Å². The van der Waals surface area contributed by atoms with Crippen molar-refractivity contribution < 1.29 is 22.7 Å². The number of methoxy groups -OCH3 is 1. The molecule has 0 unspecified atom stereocenters. The summed E-state index contributed by atoms with van der Waals surface area (Å²) < 4.78 is 36.6. The zero-order chi connectivity index (χ0) is 20.0. The fourth-order valence-corrected chi connectivity index (χ4v) is 3.71. The third kappa shape index (κ3) is 5.35. The van der Waals surface area contributed by atoms with Gasteiger partial charge in [-0.25, -0.2) is 8.42 Å². The van der Waals surface area contributed by atoms with Crippen molar-refractivity contribution in [2.75, 3.05) is 32.6 Å². The van der Waals surface area contributed by atoms with Crippen molar-refractivity contribution >= 4 is 33.2 Å². The Bertz CT molecular complexity index is 900. The minimum absolute atomic E-state index is 0.0179. The van der Waals surface area contributed by atoms with Crippen molar-refractivity contribution in [1.82, 2.24) is 4.31 Å². The number of hydrogen-bond donors (Lipinski definition) is 1. The summed E-state index contributed by atoms with van der Waals surface area (Å²) in [6.07, 6.45) is 0. The zero-order valence-electron chi connectivity index (χ0n) is 15.2. The first-order chi connectivity index (χ1) is 12.8. The molecule has 146 valence electrons. The molecule has 0 aliphatic rings. The second kappa shape index (κ2) is 9.07. The first-order valence-electron chi connectivity index (χ1n) is 8.10. The lowest BCUT2D eigenvalue weighted by Crippen LogP contribution is -2.35. The number of likely N-dealkylation sites (N-methyl/N-ethyl adjacent to an activating group) is 1. The number of nitrogens with one attached hydrogen (secondary N) is 1. The molecule has 1 N–H and O–H groups in total. The van der Waals surface area contributed by atoms with Crippen LogP contribution in [-0.4, -0.2) is 45.9 Å². The summed E-state index contributed by atoms with van der Waals surface area (Å²) in [5.74, 6) is 0.585. The number of carbonyl (C=O) groups excluding carboxylic acids is 1. The van der Waals surface area contributed by atoms with Gasteiger partial charge in [-0.1, -0.05) is 11.6 Å². The zero-order valence-corrected chi connectivity index (χ0v) is 16.8. The second-order valence-corrected chi connectivity index (χ2v) is 8.02. The topological polar surface area (TPSA) is 84.9 Å². The lowest BCUT2D eigenvalue weighted by molar-refractivity contribution is -0.116. The van der Waals surface area contributed by atoms with Gasteiger partial charge >= 0.3 is 0 Å². The van der Waals surface area contributed by atoms with Gasteiger partial charge in [0.25, 0.3) is 0 Å². The van der Waals surface area contributed by atoms with Gasteiger partial charge in [-0.05, 0) is 49.4 Å². The van der Waals surface area contributed by atoms with Gasteiger partial charge < -0.3 is 14.8 Å². The van der Waals surface area contributed by atoms with E-state index in [1.54, 1.807) is 38.3 Å².